The fourth-order valence-corrected chi connectivity index (χ4v) is 4.40. The molecule has 0 aromatic rings. The number of hydrogen-bond acceptors (Lipinski definition) is 1. The first-order valence-electron chi connectivity index (χ1n) is 8.86. The van der Waals surface area contributed by atoms with Crippen LogP contribution in [0.25, 0.3) is 0 Å². The Hall–Kier alpha value is -0.560. The van der Waals surface area contributed by atoms with Gasteiger partial charge in [-0.05, 0) is 64.2 Å². The summed E-state index contributed by atoms with van der Waals surface area (Å²) < 4.78 is 0. The Bertz CT molecular complexity index is 268. The lowest BCUT2D eigenvalue weighted by Gasteiger charge is -2.50. The largest absolute Gasteiger partial charge is 0.294 e. The molecule has 20 heavy (non-hydrogen) atoms. The fourth-order valence-electron chi connectivity index (χ4n) is 4.40. The van der Waals surface area contributed by atoms with Gasteiger partial charge in [0.05, 0.1) is 0 Å². The highest BCUT2D eigenvalue weighted by Gasteiger charge is 2.37. The van der Waals surface area contributed by atoms with Crippen LogP contribution in [0.1, 0.15) is 77.0 Å². The van der Waals surface area contributed by atoms with Crippen molar-refractivity contribution in [3.8, 4) is 0 Å². The molecular formula is C19H33N. The third-order valence-electron chi connectivity index (χ3n) is 5.31. The molecule has 2 unspecified atom stereocenters. The topological polar surface area (TPSA) is 3.24 Å². The van der Waals surface area contributed by atoms with E-state index in [1.807, 2.05) is 0 Å². The molecule has 0 aromatic carbocycles. The summed E-state index contributed by atoms with van der Waals surface area (Å²) >= 11 is 0. The Kier molecular flexibility index (Phi) is 6.86. The third kappa shape index (κ3) is 4.22. The molecule has 114 valence electrons. The molecule has 2 fully saturated rings. The van der Waals surface area contributed by atoms with Crippen molar-refractivity contribution in [2.45, 2.75) is 95.2 Å². The Morgan fingerprint density at radius 3 is 1.75 bits per heavy atom. The van der Waals surface area contributed by atoms with E-state index in [0.717, 1.165) is 18.1 Å². The molecule has 1 nitrogen and oxygen atoms in total. The molecule has 0 spiro atoms. The Morgan fingerprint density at radius 1 is 0.800 bits per heavy atom. The fraction of sp³-hybridized carbons (Fsp3) is 0.789. The molecule has 1 heteroatoms. The molecule has 0 aliphatic carbocycles. The predicted octanol–water partition coefficient (Wildman–Crippen LogP) is 5.47. The van der Waals surface area contributed by atoms with Crippen LogP contribution in [0.3, 0.4) is 0 Å². The van der Waals surface area contributed by atoms with Crippen LogP contribution in [0.15, 0.2) is 25.3 Å². The summed E-state index contributed by atoms with van der Waals surface area (Å²) in [5.74, 6) is 0. The highest BCUT2D eigenvalue weighted by Crippen LogP contribution is 2.37. The van der Waals surface area contributed by atoms with Gasteiger partial charge in [0, 0.05) is 18.1 Å². The van der Waals surface area contributed by atoms with Gasteiger partial charge in [-0.3, -0.25) is 4.90 Å². The van der Waals surface area contributed by atoms with Gasteiger partial charge >= 0.3 is 0 Å². The second kappa shape index (κ2) is 8.67. The lowest BCUT2D eigenvalue weighted by atomic mass is 9.82. The number of hydrogen-bond donors (Lipinski definition) is 0. The van der Waals surface area contributed by atoms with Gasteiger partial charge in [-0.2, -0.15) is 0 Å². The summed E-state index contributed by atoms with van der Waals surface area (Å²) in [5, 5.41) is 0. The van der Waals surface area contributed by atoms with Crippen molar-refractivity contribution in [2.75, 3.05) is 0 Å². The molecule has 2 rings (SSSR count). The lowest BCUT2D eigenvalue weighted by molar-refractivity contribution is -0.00397. The number of rotatable bonds is 8. The summed E-state index contributed by atoms with van der Waals surface area (Å²) in [6, 6.07) is 2.63. The van der Waals surface area contributed by atoms with Gasteiger partial charge in [0.2, 0.25) is 0 Å². The summed E-state index contributed by atoms with van der Waals surface area (Å²) in [7, 11) is 0. The zero-order valence-electron chi connectivity index (χ0n) is 13.2. The molecule has 0 amide bonds. The zero-order chi connectivity index (χ0) is 14.2. The van der Waals surface area contributed by atoms with Gasteiger partial charge in [-0.1, -0.05) is 25.0 Å². The van der Waals surface area contributed by atoms with Gasteiger partial charge in [-0.15, -0.1) is 13.2 Å². The molecule has 0 aromatic heterocycles. The van der Waals surface area contributed by atoms with E-state index in [-0.39, 0.29) is 0 Å². The molecule has 0 saturated carbocycles. The minimum absolute atomic E-state index is 0.864. The lowest BCUT2D eigenvalue weighted by Crippen LogP contribution is -2.54. The highest BCUT2D eigenvalue weighted by atomic mass is 15.2. The minimum Gasteiger partial charge on any atom is -0.294 e. The zero-order valence-corrected chi connectivity index (χ0v) is 13.2. The highest BCUT2D eigenvalue weighted by molar-refractivity contribution is 4.93. The van der Waals surface area contributed by atoms with E-state index >= 15 is 0 Å². The van der Waals surface area contributed by atoms with Crippen molar-refractivity contribution >= 4 is 0 Å². The van der Waals surface area contributed by atoms with Gasteiger partial charge < -0.3 is 0 Å². The van der Waals surface area contributed by atoms with E-state index in [1.165, 1.54) is 77.0 Å². The van der Waals surface area contributed by atoms with Gasteiger partial charge in [0.25, 0.3) is 0 Å². The molecule has 0 bridgehead atoms. The SMILES string of the molecule is C=CCCCC1CCCC2CCCC(CCCC=C)N12. The first kappa shape index (κ1) is 15.8. The van der Waals surface area contributed by atoms with Crippen LogP contribution in [0.2, 0.25) is 0 Å². The maximum atomic E-state index is 3.87. The Balaban J connectivity index is 1.92. The van der Waals surface area contributed by atoms with Crippen molar-refractivity contribution in [2.24, 2.45) is 0 Å². The minimum atomic E-state index is 0.864. The maximum absolute atomic E-state index is 3.87. The average molecular weight is 275 g/mol. The monoisotopic (exact) mass is 275 g/mol. The standard InChI is InChI=1S/C19H33N/c1-3-5-7-11-17-13-9-15-19-16-10-14-18(20(17)19)12-8-6-4-2/h3-4,17-19H,1-2,5-16H2. The second-order valence-corrected chi connectivity index (χ2v) is 6.71. The predicted molar refractivity (Wildman–Crippen MR) is 89.0 cm³/mol. The van der Waals surface area contributed by atoms with Crippen molar-refractivity contribution in [3.05, 3.63) is 25.3 Å². The van der Waals surface area contributed by atoms with Gasteiger partial charge in [0.1, 0.15) is 0 Å². The molecular weight excluding hydrogens is 242 g/mol. The van der Waals surface area contributed by atoms with Crippen LogP contribution in [0.4, 0.5) is 0 Å². The van der Waals surface area contributed by atoms with E-state index in [2.05, 4.69) is 30.2 Å². The van der Waals surface area contributed by atoms with E-state index in [9.17, 15) is 0 Å². The van der Waals surface area contributed by atoms with Gasteiger partial charge in [0.15, 0.2) is 0 Å². The van der Waals surface area contributed by atoms with Crippen LogP contribution in [-0.2, 0) is 0 Å². The third-order valence-corrected chi connectivity index (χ3v) is 5.31. The van der Waals surface area contributed by atoms with E-state index in [1.54, 1.807) is 0 Å². The average Bonchev–Trinajstić information content (AvgIpc) is 2.48. The first-order chi connectivity index (χ1) is 9.86. The number of fused-ring (bicyclic) bond motifs is 1. The molecule has 2 heterocycles. The van der Waals surface area contributed by atoms with Gasteiger partial charge in [-0.25, -0.2) is 0 Å². The Labute approximate surface area is 126 Å². The number of unbranched alkanes of at least 4 members (excludes halogenated alkanes) is 2. The molecule has 2 aliphatic rings. The van der Waals surface area contributed by atoms with Crippen molar-refractivity contribution in [1.29, 1.82) is 0 Å². The first-order valence-corrected chi connectivity index (χ1v) is 8.86. The molecule has 0 radical (unpaired) electrons. The summed E-state index contributed by atoms with van der Waals surface area (Å²) in [6.07, 6.45) is 20.7. The van der Waals surface area contributed by atoms with Crippen LogP contribution in [0.5, 0.6) is 0 Å². The van der Waals surface area contributed by atoms with Crippen LogP contribution < -0.4 is 0 Å². The maximum Gasteiger partial charge on any atom is 0.0101 e. The van der Waals surface area contributed by atoms with E-state index < -0.39 is 0 Å². The Morgan fingerprint density at radius 2 is 1.30 bits per heavy atom. The quantitative estimate of drug-likeness (QED) is 0.419. The molecule has 2 saturated heterocycles. The number of piperidine rings is 2. The van der Waals surface area contributed by atoms with Crippen LogP contribution >= 0.6 is 0 Å². The smallest absolute Gasteiger partial charge is 0.0101 e. The van der Waals surface area contributed by atoms with E-state index in [0.29, 0.717) is 0 Å². The van der Waals surface area contributed by atoms with E-state index in [4.69, 9.17) is 0 Å². The van der Waals surface area contributed by atoms with Crippen molar-refractivity contribution in [3.63, 3.8) is 0 Å². The van der Waals surface area contributed by atoms with Crippen LogP contribution in [0, 0.1) is 0 Å². The number of allylic oxidation sites excluding steroid dienone is 2. The normalized spacial score (nSPS) is 30.7. The number of nitrogens with zero attached hydrogens (tertiary/aromatic N) is 1. The summed E-state index contributed by atoms with van der Waals surface area (Å²) in [5.41, 5.74) is 0. The molecule has 2 atom stereocenters. The molecule has 0 N–H and O–H groups in total. The summed E-state index contributed by atoms with van der Waals surface area (Å²) in [4.78, 5) is 2.96. The van der Waals surface area contributed by atoms with Crippen LogP contribution in [-0.4, -0.2) is 23.0 Å². The van der Waals surface area contributed by atoms with Crippen molar-refractivity contribution < 1.29 is 0 Å². The molecule has 2 aliphatic heterocycles. The second-order valence-electron chi connectivity index (χ2n) is 6.71. The summed E-state index contributed by atoms with van der Waals surface area (Å²) in [6.45, 7) is 7.73. The van der Waals surface area contributed by atoms with Crippen molar-refractivity contribution in [1.82, 2.24) is 4.90 Å².